The number of fused-ring (bicyclic) bond motifs is 1. The van der Waals surface area contributed by atoms with Crippen molar-refractivity contribution in [3.63, 3.8) is 0 Å². The van der Waals surface area contributed by atoms with Crippen LogP contribution in [0.4, 0.5) is 5.69 Å². The minimum absolute atomic E-state index is 0.668. The molecule has 0 amide bonds. The summed E-state index contributed by atoms with van der Waals surface area (Å²) in [5.74, 6) is 0. The molecule has 2 heteroatoms. The van der Waals surface area contributed by atoms with Gasteiger partial charge in [0.05, 0.1) is 0 Å². The van der Waals surface area contributed by atoms with Gasteiger partial charge in [0.1, 0.15) is 0 Å². The van der Waals surface area contributed by atoms with Gasteiger partial charge in [-0.1, -0.05) is 30.5 Å². The van der Waals surface area contributed by atoms with Crippen molar-refractivity contribution >= 4 is 5.69 Å². The Labute approximate surface area is 117 Å². The third kappa shape index (κ3) is 2.51. The summed E-state index contributed by atoms with van der Waals surface area (Å²) in [6, 6.07) is 8.37. The quantitative estimate of drug-likeness (QED) is 0.876. The first-order valence-corrected chi connectivity index (χ1v) is 7.83. The maximum atomic E-state index is 3.55. The number of aryl methyl sites for hydroxylation is 2. The van der Waals surface area contributed by atoms with Gasteiger partial charge in [-0.2, -0.15) is 0 Å². The number of hydrogen-bond acceptors (Lipinski definition) is 2. The largest absolute Gasteiger partial charge is 0.367 e. The summed E-state index contributed by atoms with van der Waals surface area (Å²) in [6.07, 6.45) is 8.02. The molecule has 0 spiro atoms. The van der Waals surface area contributed by atoms with Crippen molar-refractivity contribution in [3.05, 3.63) is 29.3 Å². The van der Waals surface area contributed by atoms with E-state index in [-0.39, 0.29) is 0 Å². The first-order valence-electron chi connectivity index (χ1n) is 7.83. The third-order valence-electron chi connectivity index (χ3n) is 4.89. The van der Waals surface area contributed by atoms with Gasteiger partial charge in [-0.3, -0.25) is 0 Å². The fourth-order valence-corrected chi connectivity index (χ4v) is 3.92. The zero-order valence-corrected chi connectivity index (χ0v) is 12.3. The van der Waals surface area contributed by atoms with Crippen LogP contribution in [-0.2, 0) is 6.42 Å². The van der Waals surface area contributed by atoms with Gasteiger partial charge in [0.15, 0.2) is 0 Å². The summed E-state index contributed by atoms with van der Waals surface area (Å²) in [5, 5.41) is 3.55. The van der Waals surface area contributed by atoms with Crippen LogP contribution in [0, 0.1) is 6.92 Å². The van der Waals surface area contributed by atoms with E-state index in [9.17, 15) is 0 Å². The first-order chi connectivity index (χ1) is 9.29. The highest BCUT2D eigenvalue weighted by molar-refractivity contribution is 5.57. The molecule has 1 aliphatic heterocycles. The second-order valence-corrected chi connectivity index (χ2v) is 6.18. The second kappa shape index (κ2) is 5.54. The Kier molecular flexibility index (Phi) is 3.79. The molecular formula is C17H26N2. The predicted molar refractivity (Wildman–Crippen MR) is 81.9 cm³/mol. The lowest BCUT2D eigenvalue weighted by molar-refractivity contribution is 0.323. The average molecular weight is 258 g/mol. The molecule has 2 unspecified atom stereocenters. The number of likely N-dealkylation sites (N-methyl/N-ethyl adjacent to an activating group) is 1. The van der Waals surface area contributed by atoms with Crippen molar-refractivity contribution in [2.45, 2.75) is 57.5 Å². The summed E-state index contributed by atoms with van der Waals surface area (Å²) in [4.78, 5) is 2.69. The van der Waals surface area contributed by atoms with Crippen LogP contribution < -0.4 is 10.2 Å². The Hall–Kier alpha value is -1.02. The molecule has 2 nitrogen and oxygen atoms in total. The van der Waals surface area contributed by atoms with Gasteiger partial charge in [-0.25, -0.2) is 0 Å². The summed E-state index contributed by atoms with van der Waals surface area (Å²) < 4.78 is 0. The summed E-state index contributed by atoms with van der Waals surface area (Å²) in [5.41, 5.74) is 4.46. The number of nitrogens with zero attached hydrogens (tertiary/aromatic N) is 1. The molecule has 1 fully saturated rings. The van der Waals surface area contributed by atoms with Crippen LogP contribution >= 0.6 is 0 Å². The Morgan fingerprint density at radius 2 is 2.00 bits per heavy atom. The van der Waals surface area contributed by atoms with Crippen molar-refractivity contribution in [1.29, 1.82) is 0 Å². The smallest absolute Gasteiger partial charge is 0.0443 e. The minimum atomic E-state index is 0.668. The van der Waals surface area contributed by atoms with Crippen molar-refractivity contribution in [2.75, 3.05) is 18.5 Å². The molecule has 1 heterocycles. The molecule has 1 aliphatic carbocycles. The lowest BCUT2D eigenvalue weighted by Crippen LogP contribution is -2.52. The van der Waals surface area contributed by atoms with Crippen LogP contribution in [0.25, 0.3) is 0 Å². The maximum Gasteiger partial charge on any atom is 0.0443 e. The highest BCUT2D eigenvalue weighted by atomic mass is 15.2. The molecule has 1 saturated carbocycles. The molecule has 1 aromatic carbocycles. The van der Waals surface area contributed by atoms with E-state index in [0.717, 1.165) is 0 Å². The van der Waals surface area contributed by atoms with Gasteiger partial charge >= 0.3 is 0 Å². The fourth-order valence-electron chi connectivity index (χ4n) is 3.92. The van der Waals surface area contributed by atoms with E-state index in [1.165, 1.54) is 56.3 Å². The molecular weight excluding hydrogens is 232 g/mol. The number of anilines is 1. The zero-order valence-electron chi connectivity index (χ0n) is 12.3. The lowest BCUT2D eigenvalue weighted by Gasteiger charge is -2.44. The fraction of sp³-hybridized carbons (Fsp3) is 0.647. The van der Waals surface area contributed by atoms with E-state index in [0.29, 0.717) is 12.1 Å². The molecule has 1 aromatic rings. The maximum absolute atomic E-state index is 3.55. The lowest BCUT2D eigenvalue weighted by atomic mass is 9.87. The van der Waals surface area contributed by atoms with Crippen molar-refractivity contribution in [3.8, 4) is 0 Å². The van der Waals surface area contributed by atoms with Gasteiger partial charge < -0.3 is 10.2 Å². The van der Waals surface area contributed by atoms with E-state index < -0.39 is 0 Å². The van der Waals surface area contributed by atoms with E-state index >= 15 is 0 Å². The number of rotatable bonds is 2. The monoisotopic (exact) mass is 258 g/mol. The molecule has 19 heavy (non-hydrogen) atoms. The SMILES string of the molecule is CNC1CCCCC1N1CCCc2cc(C)ccc21. The Morgan fingerprint density at radius 1 is 1.16 bits per heavy atom. The number of hydrogen-bond donors (Lipinski definition) is 1. The van der Waals surface area contributed by atoms with Crippen LogP contribution in [0.3, 0.4) is 0 Å². The van der Waals surface area contributed by atoms with E-state index in [1.54, 1.807) is 5.56 Å². The van der Waals surface area contributed by atoms with Crippen LogP contribution in [0.5, 0.6) is 0 Å². The first kappa shape index (κ1) is 13.0. The van der Waals surface area contributed by atoms with Gasteiger partial charge in [0.25, 0.3) is 0 Å². The molecule has 3 rings (SSSR count). The zero-order chi connectivity index (χ0) is 13.2. The molecule has 2 atom stereocenters. The van der Waals surface area contributed by atoms with Crippen molar-refractivity contribution in [1.82, 2.24) is 5.32 Å². The number of nitrogens with one attached hydrogen (secondary N) is 1. The van der Waals surface area contributed by atoms with E-state index in [1.807, 2.05) is 0 Å². The molecule has 1 N–H and O–H groups in total. The van der Waals surface area contributed by atoms with Crippen LogP contribution in [-0.4, -0.2) is 25.7 Å². The van der Waals surface area contributed by atoms with Crippen LogP contribution in [0.15, 0.2) is 18.2 Å². The van der Waals surface area contributed by atoms with Gasteiger partial charge in [-0.15, -0.1) is 0 Å². The second-order valence-electron chi connectivity index (χ2n) is 6.18. The van der Waals surface area contributed by atoms with Gasteiger partial charge in [-0.05, 0) is 51.3 Å². The van der Waals surface area contributed by atoms with Crippen molar-refractivity contribution < 1.29 is 0 Å². The molecule has 0 bridgehead atoms. The highest BCUT2D eigenvalue weighted by Gasteiger charge is 2.31. The van der Waals surface area contributed by atoms with Gasteiger partial charge in [0.2, 0.25) is 0 Å². The summed E-state index contributed by atoms with van der Waals surface area (Å²) in [6.45, 7) is 3.44. The molecule has 0 aromatic heterocycles. The highest BCUT2D eigenvalue weighted by Crippen LogP contribution is 2.34. The Morgan fingerprint density at radius 3 is 2.84 bits per heavy atom. The van der Waals surface area contributed by atoms with Crippen LogP contribution in [0.2, 0.25) is 0 Å². The average Bonchev–Trinajstić information content (AvgIpc) is 2.46. The van der Waals surface area contributed by atoms with Gasteiger partial charge in [0, 0.05) is 24.3 Å². The molecule has 2 aliphatic rings. The third-order valence-corrected chi connectivity index (χ3v) is 4.89. The Balaban J connectivity index is 1.89. The normalized spacial score (nSPS) is 27.2. The number of benzene rings is 1. The standard InChI is InChI=1S/C17H26N2/c1-13-9-10-16-14(12-13)6-5-11-19(16)17-8-4-3-7-15(17)18-2/h9-10,12,15,17-18H,3-8,11H2,1-2H3. The van der Waals surface area contributed by atoms with Crippen LogP contribution in [0.1, 0.15) is 43.2 Å². The topological polar surface area (TPSA) is 15.3 Å². The molecule has 104 valence electrons. The predicted octanol–water partition coefficient (Wildman–Crippen LogP) is 3.28. The van der Waals surface area contributed by atoms with Crippen molar-refractivity contribution in [2.24, 2.45) is 0 Å². The Bertz CT molecular complexity index is 441. The minimum Gasteiger partial charge on any atom is -0.367 e. The summed E-state index contributed by atoms with van der Waals surface area (Å²) in [7, 11) is 2.13. The van der Waals surface area contributed by atoms with E-state index in [2.05, 4.69) is 42.4 Å². The molecule has 0 radical (unpaired) electrons. The molecule has 0 saturated heterocycles. The van der Waals surface area contributed by atoms with E-state index in [4.69, 9.17) is 0 Å². The summed E-state index contributed by atoms with van der Waals surface area (Å²) >= 11 is 0.